The highest BCUT2D eigenvalue weighted by molar-refractivity contribution is 6.31. The summed E-state index contributed by atoms with van der Waals surface area (Å²) < 4.78 is 12.8. The third kappa shape index (κ3) is 2.11. The number of fused-ring (bicyclic) bond motifs is 1. The summed E-state index contributed by atoms with van der Waals surface area (Å²) in [5, 5.41) is -0.613. The van der Waals surface area contributed by atoms with E-state index in [-0.39, 0.29) is 17.5 Å². The SMILES string of the molecule is O=C(C1CC2CC2C1)C(Cl)c1ccc(F)cc1. The molecule has 0 amide bonds. The van der Waals surface area contributed by atoms with Crippen LogP contribution in [0.15, 0.2) is 24.3 Å². The van der Waals surface area contributed by atoms with Gasteiger partial charge in [-0.25, -0.2) is 4.39 Å². The monoisotopic (exact) mass is 252 g/mol. The molecule has 17 heavy (non-hydrogen) atoms. The highest BCUT2D eigenvalue weighted by Gasteiger charge is 2.48. The van der Waals surface area contributed by atoms with Crippen molar-refractivity contribution in [3.8, 4) is 0 Å². The van der Waals surface area contributed by atoms with E-state index in [2.05, 4.69) is 0 Å². The zero-order valence-electron chi connectivity index (χ0n) is 9.40. The van der Waals surface area contributed by atoms with Crippen LogP contribution in [0.2, 0.25) is 0 Å². The van der Waals surface area contributed by atoms with E-state index in [9.17, 15) is 9.18 Å². The van der Waals surface area contributed by atoms with Gasteiger partial charge in [0.2, 0.25) is 0 Å². The second-order valence-electron chi connectivity index (χ2n) is 5.24. The normalized spacial score (nSPS) is 32.0. The minimum absolute atomic E-state index is 0.116. The Hall–Kier alpha value is -0.890. The lowest BCUT2D eigenvalue weighted by Gasteiger charge is -2.15. The number of rotatable bonds is 3. The number of ketones is 1. The van der Waals surface area contributed by atoms with Gasteiger partial charge in [-0.2, -0.15) is 0 Å². The molecule has 0 bridgehead atoms. The summed E-state index contributed by atoms with van der Waals surface area (Å²) in [6.45, 7) is 0. The van der Waals surface area contributed by atoms with Crippen LogP contribution >= 0.6 is 11.6 Å². The van der Waals surface area contributed by atoms with Crippen molar-refractivity contribution >= 4 is 17.4 Å². The summed E-state index contributed by atoms with van der Waals surface area (Å²) in [7, 11) is 0. The van der Waals surface area contributed by atoms with Crippen LogP contribution in [0, 0.1) is 23.6 Å². The van der Waals surface area contributed by atoms with Crippen LogP contribution in [0.5, 0.6) is 0 Å². The number of halogens is 2. The molecule has 0 heterocycles. The number of hydrogen-bond acceptors (Lipinski definition) is 1. The Labute approximate surface area is 105 Å². The number of carbonyl (C=O) groups excluding carboxylic acids is 1. The zero-order valence-corrected chi connectivity index (χ0v) is 10.2. The van der Waals surface area contributed by atoms with Crippen LogP contribution in [-0.4, -0.2) is 5.78 Å². The van der Waals surface area contributed by atoms with Crippen LogP contribution in [0.4, 0.5) is 4.39 Å². The summed E-state index contributed by atoms with van der Waals surface area (Å²) in [6.07, 6.45) is 3.31. The van der Waals surface area contributed by atoms with E-state index in [1.165, 1.54) is 18.6 Å². The van der Waals surface area contributed by atoms with Crippen LogP contribution in [0.25, 0.3) is 0 Å². The first kappa shape index (κ1) is 11.2. The molecule has 3 atom stereocenters. The molecule has 0 radical (unpaired) electrons. The Morgan fingerprint density at radius 3 is 2.35 bits per heavy atom. The summed E-state index contributed by atoms with van der Waals surface area (Å²) in [5.41, 5.74) is 0.707. The molecule has 3 unspecified atom stereocenters. The van der Waals surface area contributed by atoms with E-state index < -0.39 is 5.38 Å². The topological polar surface area (TPSA) is 17.1 Å². The van der Waals surface area contributed by atoms with Crippen LogP contribution in [0.3, 0.4) is 0 Å². The standard InChI is InChI=1S/C14H14ClFO/c15-13(8-1-3-12(16)4-2-8)14(17)11-6-9-5-10(9)7-11/h1-4,9-11,13H,5-7H2. The molecule has 0 spiro atoms. The Morgan fingerprint density at radius 2 is 1.76 bits per heavy atom. The van der Waals surface area contributed by atoms with E-state index in [1.807, 2.05) is 0 Å². The predicted octanol–water partition coefficient (Wildman–Crippen LogP) is 3.72. The Balaban J connectivity index is 1.70. The number of benzene rings is 1. The van der Waals surface area contributed by atoms with Crippen LogP contribution in [0.1, 0.15) is 30.2 Å². The molecule has 0 aliphatic heterocycles. The average molecular weight is 253 g/mol. The van der Waals surface area contributed by atoms with Gasteiger partial charge < -0.3 is 0 Å². The second-order valence-corrected chi connectivity index (χ2v) is 5.68. The largest absolute Gasteiger partial charge is 0.297 e. The molecule has 0 aromatic heterocycles. The molecule has 3 heteroatoms. The van der Waals surface area contributed by atoms with Crippen molar-refractivity contribution in [2.24, 2.45) is 17.8 Å². The van der Waals surface area contributed by atoms with Crippen molar-refractivity contribution < 1.29 is 9.18 Å². The Morgan fingerprint density at radius 1 is 1.18 bits per heavy atom. The first-order chi connectivity index (χ1) is 8.15. The van der Waals surface area contributed by atoms with Gasteiger partial charge in [0, 0.05) is 5.92 Å². The first-order valence-electron chi connectivity index (χ1n) is 6.08. The van der Waals surface area contributed by atoms with E-state index in [1.54, 1.807) is 12.1 Å². The molecule has 90 valence electrons. The Bertz CT molecular complexity index is 432. The molecule has 1 aromatic rings. The number of carbonyl (C=O) groups is 1. The van der Waals surface area contributed by atoms with Gasteiger partial charge in [-0.3, -0.25) is 4.79 Å². The fourth-order valence-electron chi connectivity index (χ4n) is 2.95. The first-order valence-corrected chi connectivity index (χ1v) is 6.52. The molecule has 1 nitrogen and oxygen atoms in total. The predicted molar refractivity (Wildman–Crippen MR) is 64.3 cm³/mol. The van der Waals surface area contributed by atoms with Gasteiger partial charge >= 0.3 is 0 Å². The van der Waals surface area contributed by atoms with E-state index in [0.29, 0.717) is 5.56 Å². The van der Waals surface area contributed by atoms with Gasteiger partial charge in [-0.1, -0.05) is 12.1 Å². The van der Waals surface area contributed by atoms with Gasteiger partial charge in [0.15, 0.2) is 5.78 Å². The molecule has 2 fully saturated rings. The lowest BCUT2D eigenvalue weighted by atomic mass is 9.93. The minimum atomic E-state index is -0.613. The van der Waals surface area contributed by atoms with E-state index in [0.717, 1.165) is 24.7 Å². The molecule has 0 saturated heterocycles. The van der Waals surface area contributed by atoms with Gasteiger partial charge in [-0.05, 0) is 48.8 Å². The lowest BCUT2D eigenvalue weighted by molar-refractivity contribution is -0.122. The summed E-state index contributed by atoms with van der Waals surface area (Å²) in [5.74, 6) is 1.51. The van der Waals surface area contributed by atoms with Crippen molar-refractivity contribution in [3.05, 3.63) is 35.6 Å². The van der Waals surface area contributed by atoms with Gasteiger partial charge in [0.25, 0.3) is 0 Å². The van der Waals surface area contributed by atoms with Gasteiger partial charge in [0.1, 0.15) is 11.2 Å². The Kier molecular flexibility index (Phi) is 2.70. The van der Waals surface area contributed by atoms with E-state index in [4.69, 9.17) is 11.6 Å². The summed E-state index contributed by atoms with van der Waals surface area (Å²) in [6, 6.07) is 5.90. The average Bonchev–Trinajstić information content (AvgIpc) is 2.95. The number of alkyl halides is 1. The van der Waals surface area contributed by atoms with Crippen molar-refractivity contribution in [1.82, 2.24) is 0 Å². The molecular weight excluding hydrogens is 239 g/mol. The maximum Gasteiger partial charge on any atom is 0.158 e. The van der Waals surface area contributed by atoms with Gasteiger partial charge in [0.05, 0.1) is 0 Å². The van der Waals surface area contributed by atoms with Crippen LogP contribution in [-0.2, 0) is 4.79 Å². The molecule has 2 saturated carbocycles. The van der Waals surface area contributed by atoms with Crippen molar-refractivity contribution in [3.63, 3.8) is 0 Å². The maximum absolute atomic E-state index is 12.8. The second kappa shape index (κ2) is 4.09. The lowest BCUT2D eigenvalue weighted by Crippen LogP contribution is -2.17. The van der Waals surface area contributed by atoms with E-state index >= 15 is 0 Å². The van der Waals surface area contributed by atoms with Crippen molar-refractivity contribution in [2.45, 2.75) is 24.6 Å². The quantitative estimate of drug-likeness (QED) is 0.750. The van der Waals surface area contributed by atoms with Crippen molar-refractivity contribution in [2.75, 3.05) is 0 Å². The smallest absolute Gasteiger partial charge is 0.158 e. The molecule has 2 aliphatic rings. The highest BCUT2D eigenvalue weighted by Crippen LogP contribution is 2.55. The van der Waals surface area contributed by atoms with Crippen molar-refractivity contribution in [1.29, 1.82) is 0 Å². The fourth-order valence-corrected chi connectivity index (χ4v) is 3.27. The summed E-state index contributed by atoms with van der Waals surface area (Å²) >= 11 is 6.18. The molecular formula is C14H14ClFO. The van der Waals surface area contributed by atoms with Gasteiger partial charge in [-0.15, -0.1) is 11.6 Å². The third-order valence-corrected chi connectivity index (χ3v) is 4.53. The number of Topliss-reactive ketones (excluding diaryl/α,β-unsaturated/α-hetero) is 1. The molecule has 3 rings (SSSR count). The minimum Gasteiger partial charge on any atom is -0.297 e. The molecule has 0 N–H and O–H groups in total. The number of hydrogen-bond donors (Lipinski definition) is 0. The summed E-state index contributed by atoms with van der Waals surface area (Å²) in [4.78, 5) is 12.2. The molecule has 2 aliphatic carbocycles. The third-order valence-electron chi connectivity index (χ3n) is 4.06. The zero-order chi connectivity index (χ0) is 12.0. The fraction of sp³-hybridized carbons (Fsp3) is 0.500. The maximum atomic E-state index is 12.8. The van der Waals surface area contributed by atoms with Crippen LogP contribution < -0.4 is 0 Å². The molecule has 1 aromatic carbocycles. The highest BCUT2D eigenvalue weighted by atomic mass is 35.5.